The van der Waals surface area contributed by atoms with E-state index >= 15 is 0 Å². The quantitative estimate of drug-likeness (QED) is 0.850. The fraction of sp³-hybridized carbons (Fsp3) is 0.304. The van der Waals surface area contributed by atoms with Crippen molar-refractivity contribution in [3.8, 4) is 5.75 Å². The summed E-state index contributed by atoms with van der Waals surface area (Å²) in [6.07, 6.45) is 2.50. The summed E-state index contributed by atoms with van der Waals surface area (Å²) in [7, 11) is 1.62. The van der Waals surface area contributed by atoms with Gasteiger partial charge in [-0.25, -0.2) is 0 Å². The molecule has 1 N–H and O–H groups in total. The van der Waals surface area contributed by atoms with E-state index in [4.69, 9.17) is 4.74 Å². The Labute approximate surface area is 165 Å². The van der Waals surface area contributed by atoms with Crippen molar-refractivity contribution in [2.24, 2.45) is 0 Å². The number of Topliss-reactive ketones (excluding diaryl/α,β-unsaturated/α-hetero) is 1. The normalized spacial score (nSPS) is 18.7. The molecule has 5 heteroatoms. The maximum Gasteiger partial charge on any atom is 0.227 e. The van der Waals surface area contributed by atoms with Gasteiger partial charge in [0.2, 0.25) is 5.91 Å². The number of nitrogens with one attached hydrogen (secondary N) is 1. The maximum absolute atomic E-state index is 13.1. The third-order valence-corrected chi connectivity index (χ3v) is 5.44. The van der Waals surface area contributed by atoms with Crippen LogP contribution in [0.1, 0.15) is 44.2 Å². The van der Waals surface area contributed by atoms with Crippen molar-refractivity contribution in [3.63, 3.8) is 0 Å². The van der Waals surface area contributed by atoms with Crippen LogP contribution in [-0.4, -0.2) is 18.8 Å². The predicted octanol–water partition coefficient (Wildman–Crippen LogP) is 4.61. The van der Waals surface area contributed by atoms with E-state index in [0.717, 1.165) is 41.2 Å². The molecule has 4 rings (SSSR count). The highest BCUT2D eigenvalue weighted by Gasteiger charge is 2.38. The molecule has 0 aromatic heterocycles. The highest BCUT2D eigenvalue weighted by Crippen LogP contribution is 2.45. The molecule has 0 unspecified atom stereocenters. The van der Waals surface area contributed by atoms with Crippen LogP contribution in [0, 0.1) is 0 Å². The van der Waals surface area contributed by atoms with Crippen molar-refractivity contribution in [1.29, 1.82) is 0 Å². The Morgan fingerprint density at radius 3 is 2.61 bits per heavy atom. The topological polar surface area (TPSA) is 58.6 Å². The minimum Gasteiger partial charge on any atom is -0.497 e. The smallest absolute Gasteiger partial charge is 0.227 e. The van der Waals surface area contributed by atoms with Crippen LogP contribution in [0.3, 0.4) is 0 Å². The first-order valence-electron chi connectivity index (χ1n) is 9.72. The number of anilines is 2. The molecule has 1 amide bonds. The second-order valence-corrected chi connectivity index (χ2v) is 7.10. The van der Waals surface area contributed by atoms with Crippen molar-refractivity contribution in [1.82, 2.24) is 0 Å². The number of amides is 1. The number of rotatable bonds is 3. The number of hydrogen-bond donors (Lipinski definition) is 1. The first-order chi connectivity index (χ1) is 13.6. The molecule has 5 nitrogen and oxygen atoms in total. The Morgan fingerprint density at radius 1 is 1.14 bits per heavy atom. The molecule has 1 aliphatic carbocycles. The van der Waals surface area contributed by atoms with Gasteiger partial charge in [-0.1, -0.05) is 31.2 Å². The van der Waals surface area contributed by atoms with Crippen LogP contribution in [0.5, 0.6) is 5.75 Å². The van der Waals surface area contributed by atoms with Gasteiger partial charge in [-0.05, 0) is 42.7 Å². The van der Waals surface area contributed by atoms with Crippen molar-refractivity contribution < 1.29 is 14.3 Å². The third-order valence-electron chi connectivity index (χ3n) is 5.44. The fourth-order valence-electron chi connectivity index (χ4n) is 4.08. The van der Waals surface area contributed by atoms with Gasteiger partial charge in [0.25, 0.3) is 0 Å². The van der Waals surface area contributed by atoms with Gasteiger partial charge in [0.15, 0.2) is 5.78 Å². The monoisotopic (exact) mass is 376 g/mol. The number of nitrogens with zero attached hydrogens (tertiary/aromatic N) is 1. The molecule has 0 saturated carbocycles. The van der Waals surface area contributed by atoms with Crippen LogP contribution in [0.15, 0.2) is 59.8 Å². The lowest BCUT2D eigenvalue weighted by molar-refractivity contribution is -0.118. The predicted molar refractivity (Wildman–Crippen MR) is 109 cm³/mol. The Kier molecular flexibility index (Phi) is 4.90. The van der Waals surface area contributed by atoms with Gasteiger partial charge in [0, 0.05) is 24.1 Å². The van der Waals surface area contributed by atoms with Gasteiger partial charge in [0.05, 0.1) is 24.5 Å². The third kappa shape index (κ3) is 3.07. The van der Waals surface area contributed by atoms with Crippen molar-refractivity contribution in [2.45, 2.75) is 38.6 Å². The van der Waals surface area contributed by atoms with Crippen molar-refractivity contribution >= 4 is 23.1 Å². The number of para-hydroxylation sites is 2. The largest absolute Gasteiger partial charge is 0.497 e. The number of hydrogen-bond acceptors (Lipinski definition) is 4. The molecule has 2 aromatic rings. The molecule has 2 aromatic carbocycles. The molecule has 1 heterocycles. The number of fused-ring (bicyclic) bond motifs is 1. The number of carbonyl (C=O) groups excluding carboxylic acids is 2. The molecular weight excluding hydrogens is 352 g/mol. The van der Waals surface area contributed by atoms with Crippen LogP contribution in [0.2, 0.25) is 0 Å². The summed E-state index contributed by atoms with van der Waals surface area (Å²) in [5.41, 5.74) is 4.20. The summed E-state index contributed by atoms with van der Waals surface area (Å²) < 4.78 is 5.29. The molecule has 144 valence electrons. The van der Waals surface area contributed by atoms with Crippen molar-refractivity contribution in [2.75, 3.05) is 17.3 Å². The average Bonchev–Trinajstić information content (AvgIpc) is 2.88. The van der Waals surface area contributed by atoms with Crippen LogP contribution in [0.25, 0.3) is 0 Å². The minimum atomic E-state index is -0.447. The summed E-state index contributed by atoms with van der Waals surface area (Å²) in [5, 5.41) is 3.46. The van der Waals surface area contributed by atoms with E-state index in [1.165, 1.54) is 0 Å². The standard InChI is InChI=1S/C23H24N2O3/c1-3-21(27)25-19-9-5-4-7-17(19)24-18-8-6-10-20(26)22(18)23(25)15-11-13-16(28-2)14-12-15/h4-5,7,9,11-14,23-24H,3,6,8,10H2,1-2H3/t23-/m0/s1. The zero-order valence-corrected chi connectivity index (χ0v) is 16.2. The molecule has 0 saturated heterocycles. The first-order valence-corrected chi connectivity index (χ1v) is 9.72. The molecule has 1 atom stereocenters. The highest BCUT2D eigenvalue weighted by molar-refractivity contribution is 6.06. The molecule has 0 spiro atoms. The summed E-state index contributed by atoms with van der Waals surface area (Å²) in [5.74, 6) is 0.840. The Morgan fingerprint density at radius 2 is 1.89 bits per heavy atom. The molecule has 2 aliphatic rings. The lowest BCUT2D eigenvalue weighted by Crippen LogP contribution is -2.37. The second kappa shape index (κ2) is 7.50. The van der Waals surface area contributed by atoms with Gasteiger partial charge in [-0.2, -0.15) is 0 Å². The fourth-order valence-corrected chi connectivity index (χ4v) is 4.08. The zero-order chi connectivity index (χ0) is 19.7. The lowest BCUT2D eigenvalue weighted by Gasteiger charge is -2.33. The van der Waals surface area contributed by atoms with E-state index in [9.17, 15) is 9.59 Å². The highest BCUT2D eigenvalue weighted by atomic mass is 16.5. The van der Waals surface area contributed by atoms with Crippen LogP contribution in [-0.2, 0) is 9.59 Å². The Hall–Kier alpha value is -3.08. The zero-order valence-electron chi connectivity index (χ0n) is 16.2. The van der Waals surface area contributed by atoms with Gasteiger partial charge < -0.3 is 10.1 Å². The Balaban J connectivity index is 1.97. The maximum atomic E-state index is 13.1. The van der Waals surface area contributed by atoms with Gasteiger partial charge in [0.1, 0.15) is 5.75 Å². The van der Waals surface area contributed by atoms with E-state index in [1.807, 2.05) is 55.5 Å². The molecule has 0 fully saturated rings. The number of carbonyl (C=O) groups is 2. The summed E-state index contributed by atoms with van der Waals surface area (Å²) in [6.45, 7) is 1.85. The van der Waals surface area contributed by atoms with Crippen LogP contribution >= 0.6 is 0 Å². The average molecular weight is 376 g/mol. The van der Waals surface area contributed by atoms with Crippen LogP contribution < -0.4 is 15.0 Å². The van der Waals surface area contributed by atoms with E-state index in [0.29, 0.717) is 18.4 Å². The molecule has 1 aliphatic heterocycles. The van der Waals surface area contributed by atoms with Gasteiger partial charge in [-0.3, -0.25) is 14.5 Å². The first kappa shape index (κ1) is 18.3. The number of ether oxygens (including phenoxy) is 1. The minimum absolute atomic E-state index is 0.0119. The van der Waals surface area contributed by atoms with Crippen LogP contribution in [0.4, 0.5) is 11.4 Å². The molecule has 0 radical (unpaired) electrons. The number of methoxy groups -OCH3 is 1. The molecular formula is C23H24N2O3. The molecule has 0 bridgehead atoms. The van der Waals surface area contributed by atoms with E-state index < -0.39 is 6.04 Å². The second-order valence-electron chi connectivity index (χ2n) is 7.10. The number of allylic oxidation sites excluding steroid dienone is 1. The summed E-state index contributed by atoms with van der Waals surface area (Å²) in [6, 6.07) is 15.0. The van der Waals surface area contributed by atoms with E-state index in [1.54, 1.807) is 12.0 Å². The lowest BCUT2D eigenvalue weighted by atomic mass is 9.85. The van der Waals surface area contributed by atoms with Gasteiger partial charge >= 0.3 is 0 Å². The van der Waals surface area contributed by atoms with Crippen molar-refractivity contribution in [3.05, 3.63) is 65.4 Å². The number of ketones is 1. The number of benzene rings is 2. The van der Waals surface area contributed by atoms with E-state index in [-0.39, 0.29) is 11.7 Å². The SMILES string of the molecule is CCC(=O)N1c2ccccc2NC2=C(C(=O)CCC2)[C@@H]1c1ccc(OC)cc1. The summed E-state index contributed by atoms with van der Waals surface area (Å²) in [4.78, 5) is 27.9. The Bertz CT molecular complexity index is 947. The van der Waals surface area contributed by atoms with Gasteiger partial charge in [-0.15, -0.1) is 0 Å². The molecule has 28 heavy (non-hydrogen) atoms. The summed E-state index contributed by atoms with van der Waals surface area (Å²) >= 11 is 0. The van der Waals surface area contributed by atoms with E-state index in [2.05, 4.69) is 5.32 Å².